The van der Waals surface area contributed by atoms with Gasteiger partial charge in [0.25, 0.3) is 0 Å². The summed E-state index contributed by atoms with van der Waals surface area (Å²) < 4.78 is 0. The highest BCUT2D eigenvalue weighted by atomic mass is 35.5. The van der Waals surface area contributed by atoms with Crippen LogP contribution in [-0.2, 0) is 0 Å². The van der Waals surface area contributed by atoms with E-state index in [0.717, 1.165) is 31.4 Å². The molecule has 0 amide bonds. The Morgan fingerprint density at radius 2 is 1.52 bits per heavy atom. The molecule has 1 aliphatic carbocycles. The van der Waals surface area contributed by atoms with E-state index in [4.69, 9.17) is 11.6 Å². The van der Waals surface area contributed by atoms with E-state index in [-0.39, 0.29) is 28.0 Å². The van der Waals surface area contributed by atoms with Gasteiger partial charge >= 0.3 is 0 Å². The summed E-state index contributed by atoms with van der Waals surface area (Å²) in [5.41, 5.74) is -1.17. The third kappa shape index (κ3) is 2.92. The van der Waals surface area contributed by atoms with E-state index in [9.17, 15) is 30.0 Å². The number of fused-ring (bicyclic) bond motifs is 2. The van der Waals surface area contributed by atoms with E-state index >= 15 is 0 Å². The van der Waals surface area contributed by atoms with Crippen molar-refractivity contribution in [2.45, 2.75) is 26.2 Å². The zero-order valence-corrected chi connectivity index (χ0v) is 15.2. The molecule has 4 N–H and O–H groups in total. The molecule has 7 heteroatoms. The largest absolute Gasteiger partial charge is 0.507 e. The molecule has 6 nitrogen and oxygen atoms in total. The van der Waals surface area contributed by atoms with Crippen molar-refractivity contribution in [3.63, 3.8) is 0 Å². The Labute approximate surface area is 160 Å². The number of rotatable bonds is 4. The van der Waals surface area contributed by atoms with Gasteiger partial charge in [-0.2, -0.15) is 0 Å². The van der Waals surface area contributed by atoms with Crippen LogP contribution in [0.2, 0.25) is 5.02 Å². The van der Waals surface area contributed by atoms with Gasteiger partial charge < -0.3 is 20.4 Å². The molecule has 27 heavy (non-hydrogen) atoms. The smallest absolute Gasteiger partial charge is 0.202 e. The molecular weight excluding hydrogens is 372 g/mol. The van der Waals surface area contributed by atoms with Crippen molar-refractivity contribution in [2.75, 3.05) is 0 Å². The van der Waals surface area contributed by atoms with E-state index in [0.29, 0.717) is 0 Å². The number of allylic oxidation sites excluding steroid dienone is 1. The Morgan fingerprint density at radius 1 is 0.926 bits per heavy atom. The maximum absolute atomic E-state index is 12.9. The number of hydrogen-bond acceptors (Lipinski definition) is 6. The predicted molar refractivity (Wildman–Crippen MR) is 100.0 cm³/mol. The zero-order valence-electron chi connectivity index (χ0n) is 14.4. The lowest BCUT2D eigenvalue weighted by atomic mass is 9.81. The molecular formula is C20H17ClO6. The first-order chi connectivity index (χ1) is 12.8. The van der Waals surface area contributed by atoms with E-state index in [1.165, 1.54) is 6.08 Å². The number of ketones is 2. The summed E-state index contributed by atoms with van der Waals surface area (Å²) in [6.07, 6.45) is 5.85. The Morgan fingerprint density at radius 3 is 2.15 bits per heavy atom. The molecule has 0 bridgehead atoms. The number of benzene rings is 2. The van der Waals surface area contributed by atoms with Gasteiger partial charge in [0.1, 0.15) is 28.0 Å². The Hall–Kier alpha value is -2.99. The topological polar surface area (TPSA) is 115 Å². The molecule has 1 aliphatic rings. The van der Waals surface area contributed by atoms with Crippen LogP contribution in [0.1, 0.15) is 63.6 Å². The lowest BCUT2D eigenvalue weighted by molar-refractivity contribution is 0.0973. The van der Waals surface area contributed by atoms with Gasteiger partial charge in [0.15, 0.2) is 5.78 Å². The van der Waals surface area contributed by atoms with Gasteiger partial charge in [-0.25, -0.2) is 0 Å². The van der Waals surface area contributed by atoms with Gasteiger partial charge in [-0.05, 0) is 18.6 Å². The van der Waals surface area contributed by atoms with Gasteiger partial charge in [0, 0.05) is 11.1 Å². The normalized spacial score (nSPS) is 13.1. The Kier molecular flexibility index (Phi) is 4.85. The molecule has 0 unspecified atom stereocenters. The van der Waals surface area contributed by atoms with Crippen molar-refractivity contribution in [2.24, 2.45) is 0 Å². The van der Waals surface area contributed by atoms with Crippen LogP contribution in [-0.4, -0.2) is 32.0 Å². The Bertz CT molecular complexity index is 1010. The summed E-state index contributed by atoms with van der Waals surface area (Å²) in [4.78, 5) is 25.6. The highest BCUT2D eigenvalue weighted by Crippen LogP contribution is 2.46. The predicted octanol–water partition coefficient (Wildman–Crippen LogP) is 4.14. The first-order valence-corrected chi connectivity index (χ1v) is 8.76. The average Bonchev–Trinajstić information content (AvgIpc) is 2.62. The number of halogens is 1. The first kappa shape index (κ1) is 18.8. The van der Waals surface area contributed by atoms with Crippen LogP contribution in [0.5, 0.6) is 23.0 Å². The SMILES string of the molecule is CCCC/C=C/c1c(O)cc2c(c1O)C(=O)c1c(cc(O)c(Cl)c1O)C2=O. The van der Waals surface area contributed by atoms with Crippen LogP contribution in [0.25, 0.3) is 6.08 Å². The average molecular weight is 389 g/mol. The van der Waals surface area contributed by atoms with Crippen LogP contribution in [0.15, 0.2) is 18.2 Å². The van der Waals surface area contributed by atoms with Crippen LogP contribution in [0, 0.1) is 0 Å². The molecule has 3 rings (SSSR count). The first-order valence-electron chi connectivity index (χ1n) is 8.38. The van der Waals surface area contributed by atoms with Gasteiger partial charge in [0.05, 0.1) is 16.7 Å². The van der Waals surface area contributed by atoms with E-state index in [1.807, 2.05) is 6.92 Å². The molecule has 140 valence electrons. The molecule has 0 radical (unpaired) electrons. The zero-order chi connectivity index (χ0) is 19.9. The van der Waals surface area contributed by atoms with Gasteiger partial charge in [-0.3, -0.25) is 9.59 Å². The van der Waals surface area contributed by atoms with Gasteiger partial charge in [-0.15, -0.1) is 0 Å². The molecule has 2 aromatic carbocycles. The molecule has 0 atom stereocenters. The fourth-order valence-electron chi connectivity index (χ4n) is 3.08. The molecule has 0 fully saturated rings. The standard InChI is InChI=1S/C20H17ClO6/c1-2-3-4-5-6-9-12(22)7-10-14(18(9)25)19(26)15-11(17(10)24)8-13(23)16(21)20(15)27/h5-8,22-23,25,27H,2-4H2,1H3/b6-5+. The van der Waals surface area contributed by atoms with Crippen molar-refractivity contribution in [3.8, 4) is 23.0 Å². The number of carbonyl (C=O) groups excluding carboxylic acids is 2. The third-order valence-electron chi connectivity index (χ3n) is 4.49. The van der Waals surface area contributed by atoms with Crippen molar-refractivity contribution >= 4 is 29.2 Å². The second-order valence-corrected chi connectivity index (χ2v) is 6.64. The summed E-state index contributed by atoms with van der Waals surface area (Å²) in [7, 11) is 0. The van der Waals surface area contributed by atoms with Crippen LogP contribution in [0.4, 0.5) is 0 Å². The fourth-order valence-corrected chi connectivity index (χ4v) is 3.23. The molecule has 0 saturated heterocycles. The Balaban J connectivity index is 2.21. The van der Waals surface area contributed by atoms with Gasteiger partial charge in [0.2, 0.25) is 5.78 Å². The highest BCUT2D eigenvalue weighted by molar-refractivity contribution is 6.37. The minimum Gasteiger partial charge on any atom is -0.507 e. The lowest BCUT2D eigenvalue weighted by Gasteiger charge is -2.21. The molecule has 0 heterocycles. The second-order valence-electron chi connectivity index (χ2n) is 6.26. The number of aromatic hydroxyl groups is 4. The minimum absolute atomic E-state index is 0.0128. The summed E-state index contributed by atoms with van der Waals surface area (Å²) in [5, 5.41) is 40.2. The maximum atomic E-state index is 12.9. The summed E-state index contributed by atoms with van der Waals surface area (Å²) in [5.74, 6) is -3.74. The number of unbranched alkanes of at least 4 members (excludes halogenated alkanes) is 2. The number of hydrogen-bond donors (Lipinski definition) is 4. The lowest BCUT2D eigenvalue weighted by Crippen LogP contribution is -2.21. The van der Waals surface area contributed by atoms with Crippen molar-refractivity contribution < 1.29 is 30.0 Å². The summed E-state index contributed by atoms with van der Waals surface area (Å²) >= 11 is 5.77. The quantitative estimate of drug-likeness (QED) is 0.499. The second kappa shape index (κ2) is 6.96. The van der Waals surface area contributed by atoms with Crippen LogP contribution < -0.4 is 0 Å². The molecule has 0 aliphatic heterocycles. The summed E-state index contributed by atoms with van der Waals surface area (Å²) in [6, 6.07) is 2.08. The molecule has 2 aromatic rings. The number of phenolic OH excluding ortho intramolecular Hbond substituents is 4. The molecule has 0 saturated carbocycles. The van der Waals surface area contributed by atoms with E-state index in [1.54, 1.807) is 6.08 Å². The highest BCUT2D eigenvalue weighted by Gasteiger charge is 2.37. The van der Waals surface area contributed by atoms with Crippen LogP contribution in [0.3, 0.4) is 0 Å². The van der Waals surface area contributed by atoms with Crippen LogP contribution >= 0.6 is 11.6 Å². The fraction of sp³-hybridized carbons (Fsp3) is 0.200. The van der Waals surface area contributed by atoms with Crippen molar-refractivity contribution in [1.29, 1.82) is 0 Å². The summed E-state index contributed by atoms with van der Waals surface area (Å²) in [6.45, 7) is 2.03. The molecule has 0 spiro atoms. The monoisotopic (exact) mass is 388 g/mol. The van der Waals surface area contributed by atoms with Crippen molar-refractivity contribution in [3.05, 3.63) is 51.0 Å². The van der Waals surface area contributed by atoms with E-state index < -0.39 is 39.4 Å². The number of carbonyl (C=O) groups is 2. The van der Waals surface area contributed by atoms with E-state index in [2.05, 4.69) is 0 Å². The minimum atomic E-state index is -0.820. The third-order valence-corrected chi connectivity index (χ3v) is 4.86. The van der Waals surface area contributed by atoms with Gasteiger partial charge in [-0.1, -0.05) is 43.5 Å². The van der Waals surface area contributed by atoms with Crippen molar-refractivity contribution in [1.82, 2.24) is 0 Å². The maximum Gasteiger partial charge on any atom is 0.202 e. The number of phenols is 4. The molecule has 0 aromatic heterocycles.